The van der Waals surface area contributed by atoms with Gasteiger partial charge in [-0.3, -0.25) is 0 Å². The molecule has 2 aromatic rings. The van der Waals surface area contributed by atoms with E-state index in [1.807, 2.05) is 48.2 Å². The van der Waals surface area contributed by atoms with Crippen LogP contribution in [0.4, 0.5) is 0 Å². The highest BCUT2D eigenvalue weighted by Crippen LogP contribution is 2.33. The molecule has 2 aromatic carbocycles. The highest BCUT2D eigenvalue weighted by molar-refractivity contribution is 8.00. The summed E-state index contributed by atoms with van der Waals surface area (Å²) in [5, 5.41) is 10.3. The first-order valence-corrected chi connectivity index (χ1v) is 9.45. The maximum Gasteiger partial charge on any atom is 0.119 e. The number of para-hydroxylation sites is 1. The number of nitrogens with zero attached hydrogens (tertiary/aromatic N) is 1. The fourth-order valence-corrected chi connectivity index (χ4v) is 4.61. The first-order chi connectivity index (χ1) is 11.6. The highest BCUT2D eigenvalue weighted by atomic mass is 32.2. The molecule has 0 bridgehead atoms. The maximum absolute atomic E-state index is 9.73. The summed E-state index contributed by atoms with van der Waals surface area (Å²) < 4.78 is 5.81. The summed E-state index contributed by atoms with van der Waals surface area (Å²) in [5.74, 6) is 2.29. The molecule has 0 saturated carbocycles. The van der Waals surface area contributed by atoms with Crippen LogP contribution in [0, 0.1) is 0 Å². The molecule has 0 aliphatic heterocycles. The van der Waals surface area contributed by atoms with Crippen LogP contribution in [0.2, 0.25) is 0 Å². The number of hydrogen-bond acceptors (Lipinski definition) is 4. The topological polar surface area (TPSA) is 32.7 Å². The van der Waals surface area contributed by atoms with Crippen molar-refractivity contribution < 1.29 is 9.84 Å². The Kier molecular flexibility index (Phi) is 5.69. The van der Waals surface area contributed by atoms with Crippen molar-refractivity contribution in [1.82, 2.24) is 4.90 Å². The Morgan fingerprint density at radius 2 is 1.88 bits per heavy atom. The summed E-state index contributed by atoms with van der Waals surface area (Å²) >= 11 is 1.99. The second kappa shape index (κ2) is 7.95. The molecule has 1 aliphatic rings. The molecule has 1 N–H and O–H groups in total. The summed E-state index contributed by atoms with van der Waals surface area (Å²) in [5.41, 5.74) is 2.65. The third-order valence-corrected chi connectivity index (χ3v) is 5.87. The molecule has 2 unspecified atom stereocenters. The van der Waals surface area contributed by atoms with Crippen molar-refractivity contribution in [3.05, 3.63) is 59.7 Å². The van der Waals surface area contributed by atoms with E-state index in [-0.39, 0.29) is 0 Å². The molecule has 1 aliphatic carbocycles. The fourth-order valence-electron chi connectivity index (χ4n) is 3.27. The van der Waals surface area contributed by atoms with Gasteiger partial charge in [-0.05, 0) is 62.3 Å². The molecular formula is C20H25NO2S. The van der Waals surface area contributed by atoms with Gasteiger partial charge in [0.2, 0.25) is 0 Å². The molecule has 0 radical (unpaired) electrons. The number of fused-ring (bicyclic) bond motifs is 1. The van der Waals surface area contributed by atoms with Crippen LogP contribution < -0.4 is 4.74 Å². The van der Waals surface area contributed by atoms with E-state index in [0.29, 0.717) is 17.0 Å². The number of benzene rings is 2. The maximum atomic E-state index is 9.73. The Balaban J connectivity index is 1.58. The van der Waals surface area contributed by atoms with Crippen molar-refractivity contribution in [3.8, 4) is 11.5 Å². The average Bonchev–Trinajstić information content (AvgIpc) is 2.59. The molecule has 0 saturated heterocycles. The summed E-state index contributed by atoms with van der Waals surface area (Å²) in [7, 11) is 4.29. The van der Waals surface area contributed by atoms with Gasteiger partial charge in [-0.1, -0.05) is 24.3 Å². The predicted octanol–water partition coefficient (Wildman–Crippen LogP) is 3.60. The van der Waals surface area contributed by atoms with Gasteiger partial charge in [0.05, 0.1) is 6.61 Å². The fraction of sp³-hybridized carbons (Fsp3) is 0.400. The van der Waals surface area contributed by atoms with Crippen molar-refractivity contribution in [2.24, 2.45) is 0 Å². The zero-order chi connectivity index (χ0) is 16.9. The quantitative estimate of drug-likeness (QED) is 0.813. The molecule has 3 rings (SSSR count). The molecule has 4 heteroatoms. The van der Waals surface area contributed by atoms with E-state index in [9.17, 15) is 5.11 Å². The summed E-state index contributed by atoms with van der Waals surface area (Å²) in [6, 6.07) is 16.3. The predicted molar refractivity (Wildman–Crippen MR) is 101 cm³/mol. The zero-order valence-corrected chi connectivity index (χ0v) is 15.1. The number of ether oxygens (including phenoxy) is 1. The lowest BCUT2D eigenvalue weighted by Gasteiger charge is -2.37. The van der Waals surface area contributed by atoms with E-state index in [4.69, 9.17) is 4.74 Å². The van der Waals surface area contributed by atoms with E-state index >= 15 is 0 Å². The normalized spacial score (nSPS) is 20.0. The average molecular weight is 343 g/mol. The number of phenols is 1. The first-order valence-electron chi connectivity index (χ1n) is 8.40. The van der Waals surface area contributed by atoms with Gasteiger partial charge in [0.25, 0.3) is 0 Å². The highest BCUT2D eigenvalue weighted by Gasteiger charge is 2.30. The minimum absolute atomic E-state index is 0.369. The molecule has 0 spiro atoms. The molecule has 0 fully saturated rings. The summed E-state index contributed by atoms with van der Waals surface area (Å²) in [6.45, 7) is 0.730. The molecule has 24 heavy (non-hydrogen) atoms. The Labute approximate surface area is 148 Å². The van der Waals surface area contributed by atoms with Crippen LogP contribution in [0.3, 0.4) is 0 Å². The van der Waals surface area contributed by atoms with Gasteiger partial charge >= 0.3 is 0 Å². The van der Waals surface area contributed by atoms with Crippen LogP contribution in [0.5, 0.6) is 11.5 Å². The lowest BCUT2D eigenvalue weighted by Crippen LogP contribution is -2.43. The van der Waals surface area contributed by atoms with Gasteiger partial charge in [0, 0.05) is 17.0 Å². The summed E-state index contributed by atoms with van der Waals surface area (Å²) in [4.78, 5) is 2.31. The Hall–Kier alpha value is -1.65. The number of thioether (sulfide) groups is 1. The first kappa shape index (κ1) is 17.2. The van der Waals surface area contributed by atoms with Crippen molar-refractivity contribution in [2.75, 3.05) is 26.5 Å². The smallest absolute Gasteiger partial charge is 0.119 e. The number of aromatic hydroxyl groups is 1. The Bertz CT molecular complexity index is 660. The van der Waals surface area contributed by atoms with E-state index in [1.165, 1.54) is 11.1 Å². The van der Waals surface area contributed by atoms with Crippen LogP contribution >= 0.6 is 11.8 Å². The second-order valence-corrected chi connectivity index (χ2v) is 7.81. The minimum Gasteiger partial charge on any atom is -0.508 e. The SMILES string of the molecule is CN(C)C1Cc2cc(O)ccc2CC1SCCOc1ccccc1. The molecule has 0 amide bonds. The lowest BCUT2D eigenvalue weighted by atomic mass is 9.87. The summed E-state index contributed by atoms with van der Waals surface area (Å²) in [6.07, 6.45) is 2.04. The van der Waals surface area contributed by atoms with Gasteiger partial charge in [0.1, 0.15) is 11.5 Å². The van der Waals surface area contributed by atoms with Crippen LogP contribution in [0.1, 0.15) is 11.1 Å². The van der Waals surface area contributed by atoms with Crippen molar-refractivity contribution in [1.29, 1.82) is 0 Å². The van der Waals surface area contributed by atoms with E-state index in [1.54, 1.807) is 6.07 Å². The number of likely N-dealkylation sites (N-methyl/N-ethyl adjacent to an activating group) is 1. The monoisotopic (exact) mass is 343 g/mol. The van der Waals surface area contributed by atoms with Gasteiger partial charge in [0.15, 0.2) is 0 Å². The van der Waals surface area contributed by atoms with Crippen molar-refractivity contribution >= 4 is 11.8 Å². The Morgan fingerprint density at radius 1 is 1.08 bits per heavy atom. The third kappa shape index (κ3) is 4.25. The largest absolute Gasteiger partial charge is 0.508 e. The zero-order valence-electron chi connectivity index (χ0n) is 14.3. The van der Waals surface area contributed by atoms with Crippen LogP contribution in [-0.4, -0.2) is 47.8 Å². The number of rotatable bonds is 6. The molecule has 2 atom stereocenters. The van der Waals surface area contributed by atoms with Crippen molar-refractivity contribution in [2.45, 2.75) is 24.1 Å². The standard InChI is InChI=1S/C20H25NO2S/c1-21(2)19-13-16-12-17(22)9-8-15(16)14-20(19)24-11-10-23-18-6-4-3-5-7-18/h3-9,12,19-20,22H,10-11,13-14H2,1-2H3. The molecule has 0 aromatic heterocycles. The Morgan fingerprint density at radius 3 is 2.62 bits per heavy atom. The van der Waals surface area contributed by atoms with Gasteiger partial charge < -0.3 is 14.7 Å². The van der Waals surface area contributed by atoms with Gasteiger partial charge in [-0.25, -0.2) is 0 Å². The molecular weight excluding hydrogens is 318 g/mol. The van der Waals surface area contributed by atoms with E-state index in [0.717, 1.165) is 31.0 Å². The van der Waals surface area contributed by atoms with Crippen molar-refractivity contribution in [3.63, 3.8) is 0 Å². The molecule has 128 valence electrons. The van der Waals surface area contributed by atoms with Crippen LogP contribution in [-0.2, 0) is 12.8 Å². The number of hydrogen-bond donors (Lipinski definition) is 1. The minimum atomic E-state index is 0.369. The van der Waals surface area contributed by atoms with Crippen LogP contribution in [0.15, 0.2) is 48.5 Å². The van der Waals surface area contributed by atoms with E-state index in [2.05, 4.69) is 25.1 Å². The van der Waals surface area contributed by atoms with E-state index < -0.39 is 0 Å². The second-order valence-electron chi connectivity index (χ2n) is 6.46. The lowest BCUT2D eigenvalue weighted by molar-refractivity contribution is 0.274. The van der Waals surface area contributed by atoms with Gasteiger partial charge in [-0.2, -0.15) is 11.8 Å². The number of phenolic OH excluding ortho intramolecular Hbond substituents is 1. The van der Waals surface area contributed by atoms with Gasteiger partial charge in [-0.15, -0.1) is 0 Å². The molecule has 3 nitrogen and oxygen atoms in total. The third-order valence-electron chi connectivity index (χ3n) is 4.56. The molecule has 0 heterocycles. The van der Waals surface area contributed by atoms with Crippen LogP contribution in [0.25, 0.3) is 0 Å².